The van der Waals surface area contributed by atoms with Gasteiger partial charge < -0.3 is 13.9 Å². The van der Waals surface area contributed by atoms with Gasteiger partial charge in [-0.2, -0.15) is 0 Å². The topological polar surface area (TPSA) is 91.5 Å². The number of aromatic nitrogens is 2. The molecule has 1 heterocycles. The normalized spacial score (nSPS) is 10.9. The zero-order chi connectivity index (χ0) is 31.4. The summed E-state index contributed by atoms with van der Waals surface area (Å²) in [6.45, 7) is 4.37. The second-order valence-corrected chi connectivity index (χ2v) is 11.0. The van der Waals surface area contributed by atoms with Crippen LogP contribution in [0.4, 0.5) is 0 Å². The lowest BCUT2D eigenvalue weighted by molar-refractivity contribution is 0.0725. The van der Waals surface area contributed by atoms with E-state index in [9.17, 15) is 9.59 Å². The summed E-state index contributed by atoms with van der Waals surface area (Å²) in [5, 5.41) is 8.33. The van der Waals surface area contributed by atoms with Gasteiger partial charge in [-0.3, -0.25) is 0 Å². The highest BCUT2D eigenvalue weighted by molar-refractivity contribution is 5.91. The van der Waals surface area contributed by atoms with Crippen molar-refractivity contribution in [2.24, 2.45) is 0 Å². The number of carbonyl (C=O) groups excluding carboxylic acids is 2. The van der Waals surface area contributed by atoms with Crippen LogP contribution in [0.15, 0.2) is 101 Å². The predicted octanol–water partition coefficient (Wildman–Crippen LogP) is 9.31. The van der Waals surface area contributed by atoms with Crippen molar-refractivity contribution in [3.8, 4) is 34.4 Å². The molecule has 7 nitrogen and oxygen atoms in total. The molecule has 0 radical (unpaired) electrons. The highest BCUT2D eigenvalue weighted by atomic mass is 16.5. The number of unbranched alkanes of at least 4 members (excludes halogenated alkanes) is 4. The molecule has 45 heavy (non-hydrogen) atoms. The maximum absolute atomic E-state index is 12.6. The van der Waals surface area contributed by atoms with Crippen molar-refractivity contribution in [2.75, 3.05) is 0 Å². The summed E-state index contributed by atoms with van der Waals surface area (Å²) in [5.74, 6) is 0.679. The van der Waals surface area contributed by atoms with Crippen molar-refractivity contribution in [1.29, 1.82) is 0 Å². The minimum Gasteiger partial charge on any atom is -0.423 e. The number of aryl methyl sites for hydroxylation is 2. The Balaban J connectivity index is 1.14. The molecule has 0 amide bonds. The van der Waals surface area contributed by atoms with E-state index in [1.54, 1.807) is 48.5 Å². The van der Waals surface area contributed by atoms with Crippen LogP contribution in [-0.4, -0.2) is 22.1 Å². The van der Waals surface area contributed by atoms with Gasteiger partial charge in [-0.05, 0) is 110 Å². The zero-order valence-corrected chi connectivity index (χ0v) is 25.8. The molecule has 5 aromatic rings. The van der Waals surface area contributed by atoms with E-state index in [4.69, 9.17) is 13.9 Å². The average Bonchev–Trinajstić information content (AvgIpc) is 3.57. The molecular formula is C38H38N2O5. The Morgan fingerprint density at radius 3 is 1.27 bits per heavy atom. The Morgan fingerprint density at radius 1 is 0.533 bits per heavy atom. The second-order valence-electron chi connectivity index (χ2n) is 11.0. The van der Waals surface area contributed by atoms with Gasteiger partial charge in [0.2, 0.25) is 11.8 Å². The SMILES string of the molecule is CCCCCc1ccc(C(=O)Oc2ccc(-c3nnc(-c4ccc(OC(=O)c5ccc(CCCCC)cc5)cc4)o3)cc2)cc1. The standard InChI is InChI=1S/C38H38N2O5/c1-3-5-7-9-27-11-15-31(16-12-27)37(41)43-33-23-19-29(20-24-33)35-39-40-36(45-35)30-21-25-34(26-22-30)44-38(42)32-17-13-28(14-18-32)10-8-6-4-2/h11-26H,3-10H2,1-2H3. The summed E-state index contributed by atoms with van der Waals surface area (Å²) in [5.41, 5.74) is 4.83. The molecule has 0 atom stereocenters. The Morgan fingerprint density at radius 2 is 0.911 bits per heavy atom. The molecule has 0 spiro atoms. The van der Waals surface area contributed by atoms with Crippen LogP contribution in [0.2, 0.25) is 0 Å². The Bertz CT molecular complexity index is 1550. The lowest BCUT2D eigenvalue weighted by Gasteiger charge is -2.06. The van der Waals surface area contributed by atoms with Crippen LogP contribution in [0, 0.1) is 0 Å². The molecule has 0 N–H and O–H groups in total. The quantitative estimate of drug-likeness (QED) is 0.0710. The summed E-state index contributed by atoms with van der Waals surface area (Å²) in [6.07, 6.45) is 9.08. The molecule has 1 aromatic heterocycles. The summed E-state index contributed by atoms with van der Waals surface area (Å²) in [4.78, 5) is 25.2. The van der Waals surface area contributed by atoms with Gasteiger partial charge in [0.1, 0.15) is 11.5 Å². The number of rotatable bonds is 14. The third-order valence-corrected chi connectivity index (χ3v) is 7.57. The third kappa shape index (κ3) is 8.76. The second kappa shape index (κ2) is 15.6. The van der Waals surface area contributed by atoms with Crippen LogP contribution in [0.5, 0.6) is 11.5 Å². The highest BCUT2D eigenvalue weighted by Gasteiger charge is 2.14. The molecule has 0 fully saturated rings. The molecular weight excluding hydrogens is 564 g/mol. The van der Waals surface area contributed by atoms with Crippen LogP contribution >= 0.6 is 0 Å². The fraction of sp³-hybridized carbons (Fsp3) is 0.263. The highest BCUT2D eigenvalue weighted by Crippen LogP contribution is 2.27. The smallest absolute Gasteiger partial charge is 0.343 e. The first kappa shape index (κ1) is 31.4. The number of hydrogen-bond acceptors (Lipinski definition) is 7. The number of esters is 2. The van der Waals surface area contributed by atoms with E-state index in [0.717, 1.165) is 25.7 Å². The summed E-state index contributed by atoms with van der Waals surface area (Å²) in [6, 6.07) is 29.0. The minimum absolute atomic E-state index is 0.329. The van der Waals surface area contributed by atoms with E-state index in [1.807, 2.05) is 48.5 Å². The lowest BCUT2D eigenvalue weighted by Crippen LogP contribution is -2.08. The molecule has 0 bridgehead atoms. The van der Waals surface area contributed by atoms with Gasteiger partial charge in [-0.25, -0.2) is 9.59 Å². The minimum atomic E-state index is -0.409. The number of hydrogen-bond donors (Lipinski definition) is 0. The summed E-state index contributed by atoms with van der Waals surface area (Å²) in [7, 11) is 0. The lowest BCUT2D eigenvalue weighted by atomic mass is 10.1. The van der Waals surface area contributed by atoms with E-state index in [0.29, 0.717) is 45.5 Å². The zero-order valence-electron chi connectivity index (χ0n) is 25.8. The molecule has 5 rings (SSSR count). The van der Waals surface area contributed by atoms with Crippen molar-refractivity contribution in [3.05, 3.63) is 119 Å². The fourth-order valence-electron chi connectivity index (χ4n) is 4.89. The molecule has 0 saturated carbocycles. The van der Waals surface area contributed by atoms with Crippen LogP contribution in [0.1, 0.15) is 84.2 Å². The van der Waals surface area contributed by atoms with Gasteiger partial charge in [-0.15, -0.1) is 10.2 Å². The maximum atomic E-state index is 12.6. The Kier molecular flexibility index (Phi) is 10.9. The largest absolute Gasteiger partial charge is 0.423 e. The van der Waals surface area contributed by atoms with Crippen molar-refractivity contribution in [3.63, 3.8) is 0 Å². The molecule has 0 aliphatic heterocycles. The molecule has 0 unspecified atom stereocenters. The summed E-state index contributed by atoms with van der Waals surface area (Å²) < 4.78 is 17.0. The fourth-order valence-corrected chi connectivity index (χ4v) is 4.89. The Hall–Kier alpha value is -5.04. The first-order valence-corrected chi connectivity index (χ1v) is 15.7. The molecule has 4 aromatic carbocycles. The number of carbonyl (C=O) groups is 2. The van der Waals surface area contributed by atoms with Crippen LogP contribution < -0.4 is 9.47 Å². The van der Waals surface area contributed by atoms with Crippen LogP contribution in [-0.2, 0) is 12.8 Å². The molecule has 0 aliphatic carbocycles. The van der Waals surface area contributed by atoms with Gasteiger partial charge in [0.15, 0.2) is 0 Å². The first-order valence-electron chi connectivity index (χ1n) is 15.7. The van der Waals surface area contributed by atoms with E-state index in [-0.39, 0.29) is 0 Å². The van der Waals surface area contributed by atoms with E-state index in [2.05, 4.69) is 24.0 Å². The monoisotopic (exact) mass is 602 g/mol. The number of ether oxygens (including phenoxy) is 2. The van der Waals surface area contributed by atoms with Gasteiger partial charge >= 0.3 is 11.9 Å². The molecule has 7 heteroatoms. The van der Waals surface area contributed by atoms with E-state index < -0.39 is 11.9 Å². The van der Waals surface area contributed by atoms with Gasteiger partial charge in [-0.1, -0.05) is 63.8 Å². The van der Waals surface area contributed by atoms with Crippen molar-refractivity contribution < 1.29 is 23.5 Å². The van der Waals surface area contributed by atoms with E-state index in [1.165, 1.54) is 36.8 Å². The van der Waals surface area contributed by atoms with E-state index >= 15 is 0 Å². The molecule has 0 aliphatic rings. The maximum Gasteiger partial charge on any atom is 0.343 e. The van der Waals surface area contributed by atoms with Gasteiger partial charge in [0.05, 0.1) is 11.1 Å². The molecule has 230 valence electrons. The Labute approximate surface area is 264 Å². The van der Waals surface area contributed by atoms with Crippen LogP contribution in [0.3, 0.4) is 0 Å². The average molecular weight is 603 g/mol. The predicted molar refractivity (Wildman–Crippen MR) is 174 cm³/mol. The number of benzene rings is 4. The van der Waals surface area contributed by atoms with Gasteiger partial charge in [0, 0.05) is 11.1 Å². The summed E-state index contributed by atoms with van der Waals surface area (Å²) >= 11 is 0. The van der Waals surface area contributed by atoms with Crippen molar-refractivity contribution >= 4 is 11.9 Å². The first-order chi connectivity index (χ1) is 22.0. The van der Waals surface area contributed by atoms with Crippen molar-refractivity contribution in [2.45, 2.75) is 65.2 Å². The third-order valence-electron chi connectivity index (χ3n) is 7.57. The number of nitrogens with zero attached hydrogens (tertiary/aromatic N) is 2. The van der Waals surface area contributed by atoms with Crippen LogP contribution in [0.25, 0.3) is 22.9 Å². The van der Waals surface area contributed by atoms with Gasteiger partial charge in [0.25, 0.3) is 0 Å². The molecule has 0 saturated heterocycles. The van der Waals surface area contributed by atoms with Crippen molar-refractivity contribution in [1.82, 2.24) is 10.2 Å².